The average molecular weight is 364 g/mol. The van der Waals surface area contributed by atoms with Crippen LogP contribution >= 0.6 is 0 Å². The van der Waals surface area contributed by atoms with E-state index in [1.165, 1.54) is 5.56 Å². The Labute approximate surface area is 147 Å². The summed E-state index contributed by atoms with van der Waals surface area (Å²) in [6, 6.07) is 10.9. The number of hydrogen-bond donors (Lipinski definition) is 2. The van der Waals surface area contributed by atoms with E-state index in [0.29, 0.717) is 0 Å². The molecule has 134 valence electrons. The van der Waals surface area contributed by atoms with Crippen LogP contribution in [-0.2, 0) is 23.0 Å². The van der Waals surface area contributed by atoms with E-state index in [9.17, 15) is 17.6 Å². The third-order valence-corrected chi connectivity index (χ3v) is 5.25. The molecule has 0 aliphatic carbocycles. The summed E-state index contributed by atoms with van der Waals surface area (Å²) in [5.41, 5.74) is 1.76. The van der Waals surface area contributed by atoms with Crippen molar-refractivity contribution >= 4 is 15.9 Å². The van der Waals surface area contributed by atoms with Gasteiger partial charge in [-0.2, -0.15) is 0 Å². The standard InChI is InChI=1S/C18H21FN2O3S/c1-3-13-5-7-14(8-6-13)12-20-18(22)16-11-15(9-10-17(16)19)25(23,24)21-4-2/h5-11,21H,3-4,12H2,1-2H3,(H,20,22). The second kappa shape index (κ2) is 8.22. The quantitative estimate of drug-likeness (QED) is 0.793. The molecule has 0 fully saturated rings. The zero-order valence-corrected chi connectivity index (χ0v) is 15.0. The molecule has 0 unspecified atom stereocenters. The first kappa shape index (κ1) is 19.1. The van der Waals surface area contributed by atoms with Gasteiger partial charge in [0.05, 0.1) is 10.5 Å². The molecule has 1 amide bonds. The zero-order valence-electron chi connectivity index (χ0n) is 14.2. The minimum atomic E-state index is -3.75. The van der Waals surface area contributed by atoms with Crippen molar-refractivity contribution in [1.29, 1.82) is 0 Å². The maximum atomic E-state index is 13.9. The van der Waals surface area contributed by atoms with Gasteiger partial charge in [0.15, 0.2) is 0 Å². The minimum absolute atomic E-state index is 0.145. The van der Waals surface area contributed by atoms with Crippen molar-refractivity contribution in [3.05, 3.63) is 65.0 Å². The topological polar surface area (TPSA) is 75.3 Å². The van der Waals surface area contributed by atoms with Gasteiger partial charge in [-0.25, -0.2) is 17.5 Å². The van der Waals surface area contributed by atoms with Gasteiger partial charge in [-0.05, 0) is 35.7 Å². The number of carbonyl (C=O) groups is 1. The van der Waals surface area contributed by atoms with Gasteiger partial charge in [0.25, 0.3) is 5.91 Å². The number of amides is 1. The number of rotatable bonds is 7. The van der Waals surface area contributed by atoms with E-state index in [0.717, 1.165) is 30.2 Å². The van der Waals surface area contributed by atoms with E-state index >= 15 is 0 Å². The fourth-order valence-corrected chi connectivity index (χ4v) is 3.36. The summed E-state index contributed by atoms with van der Waals surface area (Å²) in [4.78, 5) is 12.1. The minimum Gasteiger partial charge on any atom is -0.348 e. The molecule has 2 aromatic carbocycles. The third-order valence-electron chi connectivity index (χ3n) is 3.71. The summed E-state index contributed by atoms with van der Waals surface area (Å²) in [7, 11) is -3.75. The van der Waals surface area contributed by atoms with Crippen LogP contribution in [0.5, 0.6) is 0 Å². The molecule has 5 nitrogen and oxygen atoms in total. The van der Waals surface area contributed by atoms with E-state index in [-0.39, 0.29) is 23.5 Å². The first-order chi connectivity index (χ1) is 11.9. The highest BCUT2D eigenvalue weighted by molar-refractivity contribution is 7.89. The van der Waals surface area contributed by atoms with E-state index < -0.39 is 21.7 Å². The van der Waals surface area contributed by atoms with Crippen molar-refractivity contribution in [1.82, 2.24) is 10.0 Å². The van der Waals surface area contributed by atoms with Crippen LogP contribution in [0, 0.1) is 5.82 Å². The molecule has 0 radical (unpaired) electrons. The fourth-order valence-electron chi connectivity index (χ4n) is 2.29. The SMILES string of the molecule is CCNS(=O)(=O)c1ccc(F)c(C(=O)NCc2ccc(CC)cc2)c1. The lowest BCUT2D eigenvalue weighted by atomic mass is 10.1. The van der Waals surface area contributed by atoms with Crippen molar-refractivity contribution in [2.24, 2.45) is 0 Å². The molecule has 0 aliphatic heterocycles. The predicted octanol–water partition coefficient (Wildman–Crippen LogP) is 2.62. The Hall–Kier alpha value is -2.25. The van der Waals surface area contributed by atoms with Gasteiger partial charge in [0.2, 0.25) is 10.0 Å². The average Bonchev–Trinajstić information content (AvgIpc) is 2.60. The fraction of sp³-hybridized carbons (Fsp3) is 0.278. The van der Waals surface area contributed by atoms with E-state index in [1.54, 1.807) is 6.92 Å². The number of nitrogens with one attached hydrogen (secondary N) is 2. The van der Waals surface area contributed by atoms with E-state index in [4.69, 9.17) is 0 Å². The Morgan fingerprint density at radius 2 is 1.68 bits per heavy atom. The van der Waals surface area contributed by atoms with Gasteiger partial charge < -0.3 is 5.32 Å². The van der Waals surface area contributed by atoms with Gasteiger partial charge in [-0.15, -0.1) is 0 Å². The molecular formula is C18H21FN2O3S. The Balaban J connectivity index is 2.15. The number of sulfonamides is 1. The molecule has 2 N–H and O–H groups in total. The molecule has 0 atom stereocenters. The van der Waals surface area contributed by atoms with Gasteiger partial charge in [-0.1, -0.05) is 38.1 Å². The van der Waals surface area contributed by atoms with Crippen LogP contribution in [0.2, 0.25) is 0 Å². The second-order valence-corrected chi connectivity index (χ2v) is 7.26. The summed E-state index contributed by atoms with van der Waals surface area (Å²) in [5, 5.41) is 2.61. The van der Waals surface area contributed by atoms with Crippen molar-refractivity contribution < 1.29 is 17.6 Å². The predicted molar refractivity (Wildman–Crippen MR) is 94.3 cm³/mol. The van der Waals surface area contributed by atoms with Gasteiger partial charge >= 0.3 is 0 Å². The van der Waals surface area contributed by atoms with Crippen LogP contribution in [-0.4, -0.2) is 20.9 Å². The maximum Gasteiger partial charge on any atom is 0.254 e. The molecule has 2 rings (SSSR count). The molecular weight excluding hydrogens is 343 g/mol. The lowest BCUT2D eigenvalue weighted by Gasteiger charge is -2.09. The Morgan fingerprint density at radius 3 is 2.28 bits per heavy atom. The van der Waals surface area contributed by atoms with Crippen molar-refractivity contribution in [3.8, 4) is 0 Å². The molecule has 0 bridgehead atoms. The Bertz CT molecular complexity index is 849. The zero-order chi connectivity index (χ0) is 18.4. The van der Waals surface area contributed by atoms with Crippen LogP contribution in [0.4, 0.5) is 4.39 Å². The first-order valence-corrected chi connectivity index (χ1v) is 9.51. The molecule has 0 heterocycles. The summed E-state index contributed by atoms with van der Waals surface area (Å²) in [5.74, 6) is -1.43. The van der Waals surface area contributed by atoms with Gasteiger partial charge in [-0.3, -0.25) is 4.79 Å². The molecule has 0 aromatic heterocycles. The van der Waals surface area contributed by atoms with Crippen LogP contribution in [0.3, 0.4) is 0 Å². The number of halogens is 1. The highest BCUT2D eigenvalue weighted by Gasteiger charge is 2.18. The normalized spacial score (nSPS) is 11.3. The number of aryl methyl sites for hydroxylation is 1. The summed E-state index contributed by atoms with van der Waals surface area (Å²) in [6.45, 7) is 4.12. The molecule has 0 aliphatic rings. The highest BCUT2D eigenvalue weighted by Crippen LogP contribution is 2.15. The van der Waals surface area contributed by atoms with Crippen LogP contribution in [0.15, 0.2) is 47.4 Å². The van der Waals surface area contributed by atoms with Crippen LogP contribution < -0.4 is 10.0 Å². The molecule has 0 saturated carbocycles. The van der Waals surface area contributed by atoms with Crippen molar-refractivity contribution in [2.75, 3.05) is 6.54 Å². The molecule has 25 heavy (non-hydrogen) atoms. The Morgan fingerprint density at radius 1 is 1.04 bits per heavy atom. The molecule has 0 saturated heterocycles. The lowest BCUT2D eigenvalue weighted by molar-refractivity contribution is 0.0946. The number of benzene rings is 2. The molecule has 2 aromatic rings. The lowest BCUT2D eigenvalue weighted by Crippen LogP contribution is -2.26. The smallest absolute Gasteiger partial charge is 0.254 e. The van der Waals surface area contributed by atoms with Crippen LogP contribution in [0.25, 0.3) is 0 Å². The maximum absolute atomic E-state index is 13.9. The Kier molecular flexibility index (Phi) is 6.27. The van der Waals surface area contributed by atoms with Crippen LogP contribution in [0.1, 0.15) is 35.3 Å². The third kappa shape index (κ3) is 4.87. The number of hydrogen-bond acceptors (Lipinski definition) is 3. The van der Waals surface area contributed by atoms with Gasteiger partial charge in [0, 0.05) is 13.1 Å². The van der Waals surface area contributed by atoms with Crippen molar-refractivity contribution in [3.63, 3.8) is 0 Å². The first-order valence-electron chi connectivity index (χ1n) is 8.02. The number of carbonyl (C=O) groups excluding carboxylic acids is 1. The summed E-state index contributed by atoms with van der Waals surface area (Å²) < 4.78 is 40.2. The molecule has 0 spiro atoms. The highest BCUT2D eigenvalue weighted by atomic mass is 32.2. The summed E-state index contributed by atoms with van der Waals surface area (Å²) >= 11 is 0. The monoisotopic (exact) mass is 364 g/mol. The second-order valence-electron chi connectivity index (χ2n) is 5.50. The van der Waals surface area contributed by atoms with Gasteiger partial charge in [0.1, 0.15) is 5.82 Å². The van der Waals surface area contributed by atoms with Crippen molar-refractivity contribution in [2.45, 2.75) is 31.7 Å². The molecule has 7 heteroatoms. The summed E-state index contributed by atoms with van der Waals surface area (Å²) in [6.07, 6.45) is 0.922. The van der Waals surface area contributed by atoms with E-state index in [2.05, 4.69) is 10.0 Å². The van der Waals surface area contributed by atoms with E-state index in [1.807, 2.05) is 31.2 Å². The largest absolute Gasteiger partial charge is 0.348 e.